The van der Waals surface area contributed by atoms with Crippen LogP contribution in [0.3, 0.4) is 0 Å². The highest BCUT2D eigenvalue weighted by atomic mass is 19.4. The number of nitrogens with one attached hydrogen (secondary N) is 1. The summed E-state index contributed by atoms with van der Waals surface area (Å²) < 4.78 is 38.3. The van der Waals surface area contributed by atoms with Crippen LogP contribution in [0.4, 0.5) is 13.2 Å². The summed E-state index contributed by atoms with van der Waals surface area (Å²) in [7, 11) is 0. The Morgan fingerprint density at radius 1 is 1.05 bits per heavy atom. The third-order valence-electron chi connectivity index (χ3n) is 4.40. The van der Waals surface area contributed by atoms with Gasteiger partial charge in [-0.25, -0.2) is 0 Å². The predicted octanol–water partition coefficient (Wildman–Crippen LogP) is 3.86. The van der Waals surface area contributed by atoms with Crippen molar-refractivity contribution in [3.63, 3.8) is 0 Å². The van der Waals surface area contributed by atoms with Gasteiger partial charge in [0.1, 0.15) is 6.04 Å². The molecule has 3 rings (SSSR count). The Kier molecular flexibility index (Phi) is 3.29. The van der Waals surface area contributed by atoms with Gasteiger partial charge in [-0.1, -0.05) is 30.3 Å². The molecule has 1 aliphatic heterocycles. The molecule has 1 N–H and O–H groups in total. The Morgan fingerprint density at radius 3 is 2.47 bits per heavy atom. The van der Waals surface area contributed by atoms with Gasteiger partial charge in [0.15, 0.2) is 0 Å². The molecule has 1 heterocycles. The standard InChI is InChI=1S/C15H18F3N/c16-15(17,18)14-8-4-7-13(19-14)12-9-11(12)10-5-2-1-3-6-10/h1-3,5-6,11-14,19H,4,7-9H2. The van der Waals surface area contributed by atoms with Crippen molar-refractivity contribution in [1.29, 1.82) is 0 Å². The molecule has 1 saturated carbocycles. The highest BCUT2D eigenvalue weighted by molar-refractivity contribution is 5.26. The number of hydrogen-bond donors (Lipinski definition) is 1. The van der Waals surface area contributed by atoms with Crippen LogP contribution in [-0.2, 0) is 0 Å². The molecule has 4 atom stereocenters. The molecule has 4 unspecified atom stereocenters. The molecule has 0 aromatic heterocycles. The van der Waals surface area contributed by atoms with Gasteiger partial charge in [0.25, 0.3) is 0 Å². The average molecular weight is 269 g/mol. The van der Waals surface area contributed by atoms with Crippen molar-refractivity contribution in [2.24, 2.45) is 5.92 Å². The monoisotopic (exact) mass is 269 g/mol. The van der Waals surface area contributed by atoms with Crippen molar-refractivity contribution in [3.05, 3.63) is 35.9 Å². The number of alkyl halides is 3. The topological polar surface area (TPSA) is 12.0 Å². The van der Waals surface area contributed by atoms with Crippen LogP contribution < -0.4 is 5.32 Å². The number of rotatable bonds is 2. The van der Waals surface area contributed by atoms with E-state index in [9.17, 15) is 13.2 Å². The molecule has 1 nitrogen and oxygen atoms in total. The third kappa shape index (κ3) is 2.78. The molecule has 0 radical (unpaired) electrons. The molecule has 1 saturated heterocycles. The zero-order chi connectivity index (χ0) is 13.5. The highest BCUT2D eigenvalue weighted by Gasteiger charge is 2.49. The molecular formula is C15H18F3N. The molecule has 19 heavy (non-hydrogen) atoms. The normalized spacial score (nSPS) is 35.1. The summed E-state index contributed by atoms with van der Waals surface area (Å²) in [5.74, 6) is 0.832. The van der Waals surface area contributed by atoms with E-state index in [1.807, 2.05) is 18.2 Å². The lowest BCUT2D eigenvalue weighted by Crippen LogP contribution is -2.51. The summed E-state index contributed by atoms with van der Waals surface area (Å²) in [5, 5.41) is 2.83. The maximum Gasteiger partial charge on any atom is 0.403 e. The molecule has 1 aliphatic carbocycles. The quantitative estimate of drug-likeness (QED) is 0.859. The summed E-state index contributed by atoms with van der Waals surface area (Å²) >= 11 is 0. The fourth-order valence-electron chi connectivity index (χ4n) is 3.31. The third-order valence-corrected chi connectivity index (χ3v) is 4.40. The van der Waals surface area contributed by atoms with Gasteiger partial charge >= 0.3 is 6.18 Å². The number of piperidine rings is 1. The van der Waals surface area contributed by atoms with Crippen LogP contribution in [0.25, 0.3) is 0 Å². The molecular weight excluding hydrogens is 251 g/mol. The average Bonchev–Trinajstić information content (AvgIpc) is 3.19. The van der Waals surface area contributed by atoms with Crippen LogP contribution in [0.1, 0.15) is 37.2 Å². The van der Waals surface area contributed by atoms with Crippen LogP contribution in [0, 0.1) is 5.92 Å². The molecule has 1 aromatic carbocycles. The summed E-state index contributed by atoms with van der Waals surface area (Å²) in [5.41, 5.74) is 1.27. The van der Waals surface area contributed by atoms with E-state index in [1.165, 1.54) is 5.56 Å². The number of benzene rings is 1. The summed E-state index contributed by atoms with van der Waals surface area (Å²) in [4.78, 5) is 0. The SMILES string of the molecule is FC(F)(F)C1CCCC(C2CC2c2ccccc2)N1. The van der Waals surface area contributed by atoms with E-state index in [0.717, 1.165) is 12.8 Å². The first-order valence-electron chi connectivity index (χ1n) is 6.93. The Labute approximate surface area is 111 Å². The summed E-state index contributed by atoms with van der Waals surface area (Å²) in [6, 6.07) is 8.85. The van der Waals surface area contributed by atoms with E-state index in [2.05, 4.69) is 17.4 Å². The molecule has 2 fully saturated rings. The van der Waals surface area contributed by atoms with Crippen molar-refractivity contribution >= 4 is 0 Å². The van der Waals surface area contributed by atoms with Gasteiger partial charge in [0, 0.05) is 6.04 Å². The van der Waals surface area contributed by atoms with Crippen LogP contribution in [0.15, 0.2) is 30.3 Å². The number of hydrogen-bond acceptors (Lipinski definition) is 1. The van der Waals surface area contributed by atoms with Crippen molar-refractivity contribution in [2.45, 2.75) is 49.9 Å². The van der Waals surface area contributed by atoms with Crippen LogP contribution >= 0.6 is 0 Å². The van der Waals surface area contributed by atoms with Crippen molar-refractivity contribution < 1.29 is 13.2 Å². The van der Waals surface area contributed by atoms with E-state index < -0.39 is 12.2 Å². The first kappa shape index (κ1) is 13.0. The lowest BCUT2D eigenvalue weighted by molar-refractivity contribution is -0.163. The second kappa shape index (κ2) is 4.82. The minimum atomic E-state index is -4.10. The zero-order valence-corrected chi connectivity index (χ0v) is 10.7. The summed E-state index contributed by atoms with van der Waals surface area (Å²) in [6.45, 7) is 0. The molecule has 104 valence electrons. The van der Waals surface area contributed by atoms with E-state index >= 15 is 0 Å². The van der Waals surface area contributed by atoms with Gasteiger partial charge in [-0.3, -0.25) is 0 Å². The fourth-order valence-corrected chi connectivity index (χ4v) is 3.31. The van der Waals surface area contributed by atoms with Crippen LogP contribution in [0.5, 0.6) is 0 Å². The van der Waals surface area contributed by atoms with E-state index in [4.69, 9.17) is 0 Å². The maximum atomic E-state index is 12.8. The molecule has 0 spiro atoms. The molecule has 1 aromatic rings. The number of halogens is 3. The van der Waals surface area contributed by atoms with E-state index in [-0.39, 0.29) is 12.5 Å². The lowest BCUT2D eigenvalue weighted by atomic mass is 9.93. The lowest BCUT2D eigenvalue weighted by Gasteiger charge is -2.32. The fraction of sp³-hybridized carbons (Fsp3) is 0.600. The predicted molar refractivity (Wildman–Crippen MR) is 67.9 cm³/mol. The first-order chi connectivity index (χ1) is 9.05. The molecule has 2 aliphatic rings. The van der Waals surface area contributed by atoms with Gasteiger partial charge in [-0.05, 0) is 43.1 Å². The highest BCUT2D eigenvalue weighted by Crippen LogP contribution is 2.51. The zero-order valence-electron chi connectivity index (χ0n) is 10.7. The van der Waals surface area contributed by atoms with Crippen molar-refractivity contribution in [1.82, 2.24) is 5.32 Å². The van der Waals surface area contributed by atoms with Crippen molar-refractivity contribution in [2.75, 3.05) is 0 Å². The van der Waals surface area contributed by atoms with Crippen molar-refractivity contribution in [3.8, 4) is 0 Å². The van der Waals surface area contributed by atoms with Crippen LogP contribution in [-0.4, -0.2) is 18.3 Å². The van der Waals surface area contributed by atoms with Gasteiger partial charge in [0.2, 0.25) is 0 Å². The molecule has 4 heteroatoms. The van der Waals surface area contributed by atoms with E-state index in [1.54, 1.807) is 0 Å². The van der Waals surface area contributed by atoms with Gasteiger partial charge in [0.05, 0.1) is 0 Å². The Bertz CT molecular complexity index is 429. The minimum Gasteiger partial charge on any atom is -0.303 e. The van der Waals surface area contributed by atoms with Crippen LogP contribution in [0.2, 0.25) is 0 Å². The minimum absolute atomic E-state index is 0.0329. The van der Waals surface area contributed by atoms with Gasteiger partial charge < -0.3 is 5.32 Å². The molecule has 0 amide bonds. The Balaban J connectivity index is 1.62. The van der Waals surface area contributed by atoms with Gasteiger partial charge in [-0.15, -0.1) is 0 Å². The second-order valence-corrected chi connectivity index (χ2v) is 5.71. The Hall–Kier alpha value is -1.03. The summed E-state index contributed by atoms with van der Waals surface area (Å²) in [6.07, 6.45) is -1.30. The second-order valence-electron chi connectivity index (χ2n) is 5.71. The smallest absolute Gasteiger partial charge is 0.303 e. The maximum absolute atomic E-state index is 12.8. The first-order valence-corrected chi connectivity index (χ1v) is 6.93. The largest absolute Gasteiger partial charge is 0.403 e. The van der Waals surface area contributed by atoms with Gasteiger partial charge in [-0.2, -0.15) is 13.2 Å². The van der Waals surface area contributed by atoms with E-state index in [0.29, 0.717) is 18.3 Å². The Morgan fingerprint density at radius 2 is 1.79 bits per heavy atom. The molecule has 0 bridgehead atoms.